The van der Waals surface area contributed by atoms with E-state index in [4.69, 9.17) is 17.3 Å². The summed E-state index contributed by atoms with van der Waals surface area (Å²) >= 11 is 8.96. The van der Waals surface area contributed by atoms with E-state index in [1.54, 1.807) is 6.07 Å². The number of hydrogen-bond acceptors (Lipinski definition) is 1. The molecule has 0 heterocycles. The van der Waals surface area contributed by atoms with Gasteiger partial charge in [0.1, 0.15) is 5.82 Å². The summed E-state index contributed by atoms with van der Waals surface area (Å²) in [5, 5.41) is 0.486. The molecule has 0 spiro atoms. The van der Waals surface area contributed by atoms with E-state index in [-0.39, 0.29) is 11.9 Å². The first-order valence-corrected chi connectivity index (χ1v) is 5.13. The van der Waals surface area contributed by atoms with Crippen molar-refractivity contribution in [1.29, 1.82) is 0 Å². The summed E-state index contributed by atoms with van der Waals surface area (Å²) in [6, 6.07) is 2.62. The van der Waals surface area contributed by atoms with Crippen LogP contribution in [0.3, 0.4) is 0 Å². The molecule has 1 aromatic carbocycles. The van der Waals surface area contributed by atoms with Crippen molar-refractivity contribution < 1.29 is 4.39 Å². The van der Waals surface area contributed by atoms with Crippen molar-refractivity contribution in [2.75, 3.05) is 0 Å². The van der Waals surface area contributed by atoms with Gasteiger partial charge in [0.25, 0.3) is 0 Å². The molecular weight excluding hydrogens is 256 g/mol. The third kappa shape index (κ3) is 2.42. The number of nitrogens with two attached hydrogens (primary N) is 1. The van der Waals surface area contributed by atoms with Crippen LogP contribution in [0.15, 0.2) is 16.6 Å². The number of rotatable bonds is 2. The Hall–Kier alpha value is -0.120. The lowest BCUT2D eigenvalue weighted by atomic mass is 10.1. The van der Waals surface area contributed by atoms with Crippen molar-refractivity contribution in [1.82, 2.24) is 0 Å². The Kier molecular flexibility index (Phi) is 3.71. The number of benzene rings is 1. The van der Waals surface area contributed by atoms with Crippen LogP contribution in [0.1, 0.15) is 24.9 Å². The Morgan fingerprint density at radius 2 is 2.23 bits per heavy atom. The van der Waals surface area contributed by atoms with Crippen LogP contribution in [-0.4, -0.2) is 0 Å². The number of hydrogen-bond donors (Lipinski definition) is 1. The first kappa shape index (κ1) is 11.0. The first-order valence-electron chi connectivity index (χ1n) is 3.96. The second kappa shape index (κ2) is 4.40. The highest BCUT2D eigenvalue weighted by Gasteiger charge is 2.12. The molecule has 0 aliphatic rings. The molecule has 0 amide bonds. The summed E-state index contributed by atoms with van der Waals surface area (Å²) in [5.74, 6) is -0.314. The Morgan fingerprint density at radius 1 is 1.62 bits per heavy atom. The first-order chi connectivity index (χ1) is 6.06. The van der Waals surface area contributed by atoms with Gasteiger partial charge in [-0.2, -0.15) is 0 Å². The molecule has 1 rings (SSSR count). The largest absolute Gasteiger partial charge is 0.324 e. The zero-order valence-electron chi connectivity index (χ0n) is 7.15. The minimum Gasteiger partial charge on any atom is -0.324 e. The van der Waals surface area contributed by atoms with Crippen molar-refractivity contribution in [2.24, 2.45) is 5.73 Å². The fraction of sp³-hybridized carbons (Fsp3) is 0.333. The van der Waals surface area contributed by atoms with Crippen LogP contribution in [0.25, 0.3) is 0 Å². The highest BCUT2D eigenvalue weighted by Crippen LogP contribution is 2.28. The van der Waals surface area contributed by atoms with E-state index >= 15 is 0 Å². The van der Waals surface area contributed by atoms with Crippen LogP contribution >= 0.6 is 27.5 Å². The molecule has 2 N–H and O–H groups in total. The van der Waals surface area contributed by atoms with Gasteiger partial charge in [-0.05, 0) is 34.5 Å². The van der Waals surface area contributed by atoms with Gasteiger partial charge >= 0.3 is 0 Å². The molecule has 0 saturated heterocycles. The van der Waals surface area contributed by atoms with E-state index in [0.717, 1.165) is 0 Å². The SMILES string of the molecule is CC[C@@H](N)c1cc(Cl)c(Br)cc1F. The molecule has 1 atom stereocenters. The zero-order valence-corrected chi connectivity index (χ0v) is 9.49. The van der Waals surface area contributed by atoms with Crippen LogP contribution < -0.4 is 5.73 Å². The van der Waals surface area contributed by atoms with Gasteiger partial charge in [-0.25, -0.2) is 4.39 Å². The quantitative estimate of drug-likeness (QED) is 0.813. The monoisotopic (exact) mass is 265 g/mol. The van der Waals surface area contributed by atoms with E-state index in [2.05, 4.69) is 15.9 Å². The summed E-state index contributed by atoms with van der Waals surface area (Å²) in [6.45, 7) is 1.90. The third-order valence-electron chi connectivity index (χ3n) is 1.88. The lowest BCUT2D eigenvalue weighted by Crippen LogP contribution is -2.10. The molecule has 13 heavy (non-hydrogen) atoms. The molecule has 0 radical (unpaired) electrons. The highest BCUT2D eigenvalue weighted by molar-refractivity contribution is 9.10. The van der Waals surface area contributed by atoms with E-state index in [0.29, 0.717) is 21.5 Å². The van der Waals surface area contributed by atoms with E-state index in [1.165, 1.54) is 6.07 Å². The molecule has 0 bridgehead atoms. The maximum Gasteiger partial charge on any atom is 0.129 e. The lowest BCUT2D eigenvalue weighted by Gasteiger charge is -2.11. The van der Waals surface area contributed by atoms with Crippen molar-refractivity contribution in [3.05, 3.63) is 33.0 Å². The summed E-state index contributed by atoms with van der Waals surface area (Å²) in [5.41, 5.74) is 6.17. The topological polar surface area (TPSA) is 26.0 Å². The van der Waals surface area contributed by atoms with E-state index in [1.807, 2.05) is 6.92 Å². The Balaban J connectivity index is 3.15. The van der Waals surface area contributed by atoms with Crippen molar-refractivity contribution in [3.63, 3.8) is 0 Å². The van der Waals surface area contributed by atoms with Crippen LogP contribution in [0.2, 0.25) is 5.02 Å². The molecular formula is C9H10BrClFN. The maximum atomic E-state index is 13.3. The van der Waals surface area contributed by atoms with Crippen molar-refractivity contribution >= 4 is 27.5 Å². The van der Waals surface area contributed by atoms with Crippen molar-refractivity contribution in [3.8, 4) is 0 Å². The van der Waals surface area contributed by atoms with E-state index in [9.17, 15) is 4.39 Å². The fourth-order valence-corrected chi connectivity index (χ4v) is 1.53. The second-order valence-electron chi connectivity index (χ2n) is 2.80. The minimum absolute atomic E-state index is 0.286. The molecule has 1 nitrogen and oxygen atoms in total. The third-order valence-corrected chi connectivity index (χ3v) is 3.08. The van der Waals surface area contributed by atoms with Gasteiger partial charge in [0.2, 0.25) is 0 Å². The molecule has 0 aliphatic carbocycles. The van der Waals surface area contributed by atoms with Gasteiger partial charge in [0.15, 0.2) is 0 Å². The van der Waals surface area contributed by atoms with Crippen LogP contribution in [0.4, 0.5) is 4.39 Å². The summed E-state index contributed by atoms with van der Waals surface area (Å²) in [4.78, 5) is 0. The van der Waals surface area contributed by atoms with Gasteiger partial charge in [0, 0.05) is 16.1 Å². The predicted octanol–water partition coefficient (Wildman–Crippen LogP) is 3.65. The standard InChI is InChI=1S/C9H10BrClFN/c1-2-9(13)5-3-7(11)6(10)4-8(5)12/h3-4,9H,2,13H2,1H3/t9-/m1/s1. The highest BCUT2D eigenvalue weighted by atomic mass is 79.9. The fourth-order valence-electron chi connectivity index (χ4n) is 1.04. The molecule has 4 heteroatoms. The van der Waals surface area contributed by atoms with Gasteiger partial charge in [-0.3, -0.25) is 0 Å². The molecule has 0 fully saturated rings. The summed E-state index contributed by atoms with van der Waals surface area (Å²) in [6.07, 6.45) is 0.689. The van der Waals surface area contributed by atoms with E-state index < -0.39 is 0 Å². The van der Waals surface area contributed by atoms with Crippen molar-refractivity contribution in [2.45, 2.75) is 19.4 Å². The smallest absolute Gasteiger partial charge is 0.129 e. The normalized spacial score (nSPS) is 13.0. The molecule has 1 aromatic rings. The molecule has 0 saturated carbocycles. The van der Waals surface area contributed by atoms with Gasteiger partial charge < -0.3 is 5.73 Å². The maximum absolute atomic E-state index is 13.3. The average molecular weight is 267 g/mol. The number of halogens is 3. The zero-order chi connectivity index (χ0) is 10.0. The van der Waals surface area contributed by atoms with Gasteiger partial charge in [0.05, 0.1) is 5.02 Å². The van der Waals surface area contributed by atoms with Crippen LogP contribution in [-0.2, 0) is 0 Å². The van der Waals surface area contributed by atoms with Gasteiger partial charge in [-0.15, -0.1) is 0 Å². The Bertz CT molecular complexity index is 317. The molecule has 0 unspecified atom stereocenters. The van der Waals surface area contributed by atoms with Gasteiger partial charge in [-0.1, -0.05) is 18.5 Å². The summed E-state index contributed by atoms with van der Waals surface area (Å²) in [7, 11) is 0. The Morgan fingerprint density at radius 3 is 2.77 bits per heavy atom. The summed E-state index contributed by atoms with van der Waals surface area (Å²) < 4.78 is 13.9. The van der Waals surface area contributed by atoms with Crippen LogP contribution in [0.5, 0.6) is 0 Å². The molecule has 72 valence electrons. The predicted molar refractivity (Wildman–Crippen MR) is 56.3 cm³/mol. The Labute approximate surface area is 90.2 Å². The molecule has 0 aliphatic heterocycles. The lowest BCUT2D eigenvalue weighted by molar-refractivity contribution is 0.574. The second-order valence-corrected chi connectivity index (χ2v) is 4.06. The minimum atomic E-state index is -0.314. The van der Waals surface area contributed by atoms with Crippen LogP contribution in [0, 0.1) is 5.82 Å². The average Bonchev–Trinajstić information content (AvgIpc) is 2.10. The molecule has 0 aromatic heterocycles.